The molecule has 0 aliphatic heterocycles. The van der Waals surface area contributed by atoms with Gasteiger partial charge in [-0.3, -0.25) is 4.79 Å². The molecular formula is C13H18O. The molecule has 0 aromatic carbocycles. The molecule has 0 aromatic heterocycles. The zero-order valence-corrected chi connectivity index (χ0v) is 8.88. The summed E-state index contributed by atoms with van der Waals surface area (Å²) in [6.45, 7) is 1.74. The monoisotopic (exact) mass is 190 g/mol. The maximum absolute atomic E-state index is 11.6. The van der Waals surface area contributed by atoms with E-state index in [9.17, 15) is 4.79 Å². The molecule has 0 N–H and O–H groups in total. The number of allylic oxidation sites excluding steroid dienone is 4. The van der Waals surface area contributed by atoms with E-state index < -0.39 is 0 Å². The molecule has 14 heavy (non-hydrogen) atoms. The van der Waals surface area contributed by atoms with E-state index in [4.69, 9.17) is 0 Å². The molecule has 1 saturated carbocycles. The van der Waals surface area contributed by atoms with E-state index in [1.54, 1.807) is 6.92 Å². The summed E-state index contributed by atoms with van der Waals surface area (Å²) in [4.78, 5) is 11.6. The van der Waals surface area contributed by atoms with Crippen molar-refractivity contribution in [1.82, 2.24) is 0 Å². The minimum absolute atomic E-state index is 0.319. The third-order valence-electron chi connectivity index (χ3n) is 3.39. The number of carbonyl (C=O) groups excluding carboxylic acids is 1. The lowest BCUT2D eigenvalue weighted by molar-refractivity contribution is -0.114. The number of hydrogen-bond donors (Lipinski definition) is 0. The molecule has 1 atom stereocenters. The molecule has 1 heteroatoms. The molecule has 0 saturated heterocycles. The molecule has 2 rings (SSSR count). The van der Waals surface area contributed by atoms with Crippen molar-refractivity contribution in [2.75, 3.05) is 0 Å². The van der Waals surface area contributed by atoms with Crippen molar-refractivity contribution in [3.63, 3.8) is 0 Å². The van der Waals surface area contributed by atoms with Crippen LogP contribution in [0, 0.1) is 5.92 Å². The standard InChI is InChI=1S/C13H18O/c1-10(14)13(12-8-5-9-12)11-6-3-2-4-7-11/h2-3,11H,4-9H2,1H3. The van der Waals surface area contributed by atoms with Crippen molar-refractivity contribution in [3.05, 3.63) is 23.3 Å². The minimum Gasteiger partial charge on any atom is -0.295 e. The van der Waals surface area contributed by atoms with Crippen LogP contribution in [0.2, 0.25) is 0 Å². The molecule has 0 amide bonds. The van der Waals surface area contributed by atoms with Crippen LogP contribution in [0.4, 0.5) is 0 Å². The summed E-state index contributed by atoms with van der Waals surface area (Å²) in [6.07, 6.45) is 11.5. The molecule has 76 valence electrons. The average molecular weight is 190 g/mol. The van der Waals surface area contributed by atoms with Gasteiger partial charge in [-0.15, -0.1) is 0 Å². The Balaban J connectivity index is 2.18. The fraction of sp³-hybridized carbons (Fsp3) is 0.615. The van der Waals surface area contributed by atoms with Crippen molar-refractivity contribution >= 4 is 5.78 Å². The highest BCUT2D eigenvalue weighted by Gasteiger charge is 2.24. The zero-order chi connectivity index (χ0) is 9.97. The van der Waals surface area contributed by atoms with Crippen LogP contribution in [0.15, 0.2) is 23.3 Å². The predicted molar refractivity (Wildman–Crippen MR) is 58.0 cm³/mol. The summed E-state index contributed by atoms with van der Waals surface area (Å²) >= 11 is 0. The normalized spacial score (nSPS) is 25.8. The third kappa shape index (κ3) is 1.82. The van der Waals surface area contributed by atoms with E-state index in [1.807, 2.05) is 0 Å². The Morgan fingerprint density at radius 1 is 1.36 bits per heavy atom. The first-order valence-electron chi connectivity index (χ1n) is 5.67. The van der Waals surface area contributed by atoms with Crippen molar-refractivity contribution in [3.8, 4) is 0 Å². The Bertz CT molecular complexity index is 290. The Morgan fingerprint density at radius 2 is 2.14 bits per heavy atom. The lowest BCUT2D eigenvalue weighted by Gasteiger charge is -2.27. The van der Waals surface area contributed by atoms with Crippen LogP contribution in [0.5, 0.6) is 0 Å². The third-order valence-corrected chi connectivity index (χ3v) is 3.39. The number of carbonyl (C=O) groups is 1. The highest BCUT2D eigenvalue weighted by atomic mass is 16.1. The van der Waals surface area contributed by atoms with Crippen LogP contribution in [0.3, 0.4) is 0 Å². The van der Waals surface area contributed by atoms with Gasteiger partial charge in [-0.1, -0.05) is 17.7 Å². The van der Waals surface area contributed by atoms with Gasteiger partial charge >= 0.3 is 0 Å². The van der Waals surface area contributed by atoms with E-state index in [0.717, 1.165) is 12.8 Å². The van der Waals surface area contributed by atoms with E-state index >= 15 is 0 Å². The molecule has 2 aliphatic carbocycles. The number of hydrogen-bond acceptors (Lipinski definition) is 1. The van der Waals surface area contributed by atoms with E-state index in [-0.39, 0.29) is 0 Å². The summed E-state index contributed by atoms with van der Waals surface area (Å²) in [6, 6.07) is 0. The van der Waals surface area contributed by atoms with Gasteiger partial charge in [-0.25, -0.2) is 0 Å². The second-order valence-corrected chi connectivity index (χ2v) is 4.41. The maximum atomic E-state index is 11.6. The molecule has 1 nitrogen and oxygen atoms in total. The molecule has 0 heterocycles. The van der Waals surface area contributed by atoms with E-state index in [0.29, 0.717) is 11.7 Å². The van der Waals surface area contributed by atoms with Gasteiger partial charge in [0, 0.05) is 0 Å². The Kier molecular flexibility index (Phi) is 2.85. The lowest BCUT2D eigenvalue weighted by atomic mass is 9.77. The SMILES string of the molecule is CC(=O)C(=C1CCC1)C1CC=CCC1. The van der Waals surface area contributed by atoms with Crippen LogP contribution in [0.25, 0.3) is 0 Å². The van der Waals surface area contributed by atoms with Crippen LogP contribution in [0.1, 0.15) is 45.4 Å². The van der Waals surface area contributed by atoms with Gasteiger partial charge in [0.25, 0.3) is 0 Å². The van der Waals surface area contributed by atoms with Gasteiger partial charge in [-0.2, -0.15) is 0 Å². The summed E-state index contributed by atoms with van der Waals surface area (Å²) in [5.74, 6) is 0.854. The van der Waals surface area contributed by atoms with Crippen LogP contribution in [-0.2, 0) is 4.79 Å². The van der Waals surface area contributed by atoms with Gasteiger partial charge < -0.3 is 0 Å². The van der Waals surface area contributed by atoms with E-state index in [2.05, 4.69) is 12.2 Å². The number of rotatable bonds is 2. The molecule has 2 aliphatic rings. The molecule has 0 aromatic rings. The first-order chi connectivity index (χ1) is 6.79. The van der Waals surface area contributed by atoms with Gasteiger partial charge in [0.2, 0.25) is 0 Å². The predicted octanol–water partition coefficient (Wildman–Crippen LogP) is 3.41. The first kappa shape index (κ1) is 9.70. The Labute approximate surface area is 85.9 Å². The van der Waals surface area contributed by atoms with Crippen molar-refractivity contribution in [2.45, 2.75) is 45.4 Å². The molecule has 0 radical (unpaired) electrons. The van der Waals surface area contributed by atoms with Crippen LogP contribution in [-0.4, -0.2) is 5.78 Å². The van der Waals surface area contributed by atoms with Crippen LogP contribution < -0.4 is 0 Å². The number of ketones is 1. The highest BCUT2D eigenvalue weighted by molar-refractivity contribution is 5.94. The van der Waals surface area contributed by atoms with Gasteiger partial charge in [0.05, 0.1) is 0 Å². The second-order valence-electron chi connectivity index (χ2n) is 4.41. The van der Waals surface area contributed by atoms with Crippen molar-refractivity contribution < 1.29 is 4.79 Å². The summed E-state index contributed by atoms with van der Waals surface area (Å²) in [5, 5.41) is 0. The van der Waals surface area contributed by atoms with Gasteiger partial charge in [0.15, 0.2) is 5.78 Å². The van der Waals surface area contributed by atoms with Crippen molar-refractivity contribution in [1.29, 1.82) is 0 Å². The Hall–Kier alpha value is -0.850. The van der Waals surface area contributed by atoms with Gasteiger partial charge in [-0.05, 0) is 56.9 Å². The Morgan fingerprint density at radius 3 is 2.57 bits per heavy atom. The van der Waals surface area contributed by atoms with E-state index in [1.165, 1.54) is 36.8 Å². The highest BCUT2D eigenvalue weighted by Crippen LogP contribution is 2.36. The van der Waals surface area contributed by atoms with Crippen molar-refractivity contribution in [2.24, 2.45) is 5.92 Å². The average Bonchev–Trinajstić information content (AvgIpc) is 2.12. The lowest BCUT2D eigenvalue weighted by Crippen LogP contribution is -2.17. The summed E-state index contributed by atoms with van der Waals surface area (Å²) < 4.78 is 0. The topological polar surface area (TPSA) is 17.1 Å². The largest absolute Gasteiger partial charge is 0.295 e. The van der Waals surface area contributed by atoms with Gasteiger partial charge in [0.1, 0.15) is 0 Å². The summed E-state index contributed by atoms with van der Waals surface area (Å²) in [7, 11) is 0. The fourth-order valence-corrected chi connectivity index (χ4v) is 2.50. The molecule has 0 spiro atoms. The fourth-order valence-electron chi connectivity index (χ4n) is 2.50. The molecule has 0 bridgehead atoms. The molecule has 1 unspecified atom stereocenters. The second kappa shape index (κ2) is 4.12. The van der Waals surface area contributed by atoms with Crippen LogP contribution >= 0.6 is 0 Å². The minimum atomic E-state index is 0.319. The quantitative estimate of drug-likeness (QED) is 0.481. The zero-order valence-electron chi connectivity index (χ0n) is 8.88. The molecule has 1 fully saturated rings. The number of Topliss-reactive ketones (excluding diaryl/α,β-unsaturated/α-hetero) is 1. The molecular weight excluding hydrogens is 172 g/mol. The smallest absolute Gasteiger partial charge is 0.156 e. The maximum Gasteiger partial charge on any atom is 0.156 e. The first-order valence-corrected chi connectivity index (χ1v) is 5.67. The summed E-state index contributed by atoms with van der Waals surface area (Å²) in [5.41, 5.74) is 2.64.